The second-order valence-corrected chi connectivity index (χ2v) is 12.6. The summed E-state index contributed by atoms with van der Waals surface area (Å²) in [7, 11) is 0. The van der Waals surface area contributed by atoms with E-state index in [-0.39, 0.29) is 0 Å². The predicted octanol–water partition coefficient (Wildman–Crippen LogP) is 12.1. The Morgan fingerprint density at radius 3 is 1.68 bits per heavy atom. The number of furan rings is 1. The Labute approximate surface area is 288 Å². The van der Waals surface area contributed by atoms with E-state index in [4.69, 9.17) is 14.4 Å². The largest absolute Gasteiger partial charge is 0.456 e. The van der Waals surface area contributed by atoms with Crippen LogP contribution < -0.4 is 0 Å². The monoisotopic (exact) mass is 639 g/mol. The minimum atomic E-state index is 0.662. The van der Waals surface area contributed by atoms with Gasteiger partial charge < -0.3 is 8.98 Å². The van der Waals surface area contributed by atoms with Crippen LogP contribution in [0.3, 0.4) is 0 Å². The van der Waals surface area contributed by atoms with Gasteiger partial charge in [0.15, 0.2) is 5.82 Å². The van der Waals surface area contributed by atoms with E-state index in [1.165, 1.54) is 21.8 Å². The van der Waals surface area contributed by atoms with E-state index in [0.29, 0.717) is 5.82 Å². The van der Waals surface area contributed by atoms with Gasteiger partial charge in [-0.05, 0) is 65.7 Å². The van der Waals surface area contributed by atoms with Crippen LogP contribution in [-0.4, -0.2) is 14.5 Å². The lowest BCUT2D eigenvalue weighted by Crippen LogP contribution is -1.95. The summed E-state index contributed by atoms with van der Waals surface area (Å²) in [6.45, 7) is 0. The Bertz CT molecular complexity index is 2800. The van der Waals surface area contributed by atoms with Crippen LogP contribution in [0.5, 0.6) is 0 Å². The van der Waals surface area contributed by atoms with Crippen molar-refractivity contribution in [3.63, 3.8) is 0 Å². The van der Waals surface area contributed by atoms with E-state index < -0.39 is 0 Å². The van der Waals surface area contributed by atoms with Gasteiger partial charge in [0.05, 0.1) is 22.4 Å². The van der Waals surface area contributed by atoms with Gasteiger partial charge in [0.25, 0.3) is 0 Å². The van der Waals surface area contributed by atoms with Gasteiger partial charge in [0, 0.05) is 43.9 Å². The van der Waals surface area contributed by atoms with Crippen molar-refractivity contribution in [1.29, 1.82) is 0 Å². The molecule has 3 heterocycles. The Balaban J connectivity index is 1.09. The zero-order chi connectivity index (χ0) is 33.0. The molecule has 234 valence electrons. The van der Waals surface area contributed by atoms with Crippen molar-refractivity contribution in [1.82, 2.24) is 14.5 Å². The molecule has 0 atom stereocenters. The minimum Gasteiger partial charge on any atom is -0.456 e. The molecule has 50 heavy (non-hydrogen) atoms. The van der Waals surface area contributed by atoms with Crippen LogP contribution in [0, 0.1) is 0 Å². The van der Waals surface area contributed by atoms with E-state index in [1.54, 1.807) is 0 Å². The first kappa shape index (κ1) is 28.3. The summed E-state index contributed by atoms with van der Waals surface area (Å²) in [5, 5.41) is 4.63. The van der Waals surface area contributed by atoms with Crippen LogP contribution in [0.1, 0.15) is 0 Å². The van der Waals surface area contributed by atoms with E-state index in [1.807, 2.05) is 36.4 Å². The maximum absolute atomic E-state index is 6.46. The number of hydrogen-bond acceptors (Lipinski definition) is 3. The number of aromatic nitrogens is 3. The number of hydrogen-bond donors (Lipinski definition) is 0. The lowest BCUT2D eigenvalue weighted by Gasteiger charge is -2.09. The average Bonchev–Trinajstić information content (AvgIpc) is 3.73. The Kier molecular flexibility index (Phi) is 6.46. The van der Waals surface area contributed by atoms with Gasteiger partial charge in [-0.3, -0.25) is 0 Å². The summed E-state index contributed by atoms with van der Waals surface area (Å²) in [6.07, 6.45) is 0. The highest BCUT2D eigenvalue weighted by molar-refractivity contribution is 6.11. The molecule has 0 fully saturated rings. The Hall–Kier alpha value is -6.78. The number of nitrogens with zero attached hydrogens (tertiary/aromatic N) is 3. The molecule has 0 aliphatic carbocycles. The van der Waals surface area contributed by atoms with Gasteiger partial charge in [0.2, 0.25) is 0 Å². The third-order valence-corrected chi connectivity index (χ3v) is 9.62. The quantitative estimate of drug-likeness (QED) is 0.188. The molecule has 0 unspecified atom stereocenters. The first-order valence-corrected chi connectivity index (χ1v) is 16.8. The van der Waals surface area contributed by atoms with Crippen LogP contribution >= 0.6 is 0 Å². The van der Waals surface area contributed by atoms with Crippen molar-refractivity contribution in [3.05, 3.63) is 176 Å². The summed E-state index contributed by atoms with van der Waals surface area (Å²) >= 11 is 0. The van der Waals surface area contributed by atoms with Gasteiger partial charge in [-0.2, -0.15) is 0 Å². The number of benzene rings is 7. The third kappa shape index (κ3) is 4.69. The number of rotatable bonds is 5. The topological polar surface area (TPSA) is 43.9 Å². The molecule has 7 aromatic carbocycles. The van der Waals surface area contributed by atoms with Crippen LogP contribution in [0.25, 0.3) is 94.5 Å². The SMILES string of the molecule is c1ccc(-c2cc(-c3ccccc3)nc(-c3ccc4c(c3)oc3ccc(-c5ccc6c7ccccc7n(-c7ccccc7)c6c5)cc34)n2)cc1. The summed E-state index contributed by atoms with van der Waals surface area (Å²) in [5.41, 5.74) is 12.3. The van der Waals surface area contributed by atoms with Crippen LogP contribution in [-0.2, 0) is 0 Å². The smallest absolute Gasteiger partial charge is 0.160 e. The maximum atomic E-state index is 6.46. The lowest BCUT2D eigenvalue weighted by molar-refractivity contribution is 0.669. The first-order valence-electron chi connectivity index (χ1n) is 16.8. The van der Waals surface area contributed by atoms with Crippen LogP contribution in [0.15, 0.2) is 180 Å². The molecule has 0 spiro atoms. The highest BCUT2D eigenvalue weighted by atomic mass is 16.3. The van der Waals surface area contributed by atoms with Gasteiger partial charge in [0.1, 0.15) is 11.2 Å². The number of para-hydroxylation sites is 2. The first-order chi connectivity index (χ1) is 24.8. The normalized spacial score (nSPS) is 11.6. The maximum Gasteiger partial charge on any atom is 0.160 e. The summed E-state index contributed by atoms with van der Waals surface area (Å²) in [5.74, 6) is 0.662. The van der Waals surface area contributed by atoms with Crippen molar-refractivity contribution in [3.8, 4) is 50.7 Å². The second-order valence-electron chi connectivity index (χ2n) is 12.6. The second kappa shape index (κ2) is 11.4. The summed E-state index contributed by atoms with van der Waals surface area (Å²) in [4.78, 5) is 10.1. The lowest BCUT2D eigenvalue weighted by atomic mass is 10.0. The molecule has 0 saturated heterocycles. The van der Waals surface area contributed by atoms with E-state index >= 15 is 0 Å². The molecule has 0 N–H and O–H groups in total. The molecule has 4 heteroatoms. The van der Waals surface area contributed by atoms with Crippen molar-refractivity contribution >= 4 is 43.7 Å². The van der Waals surface area contributed by atoms with E-state index in [2.05, 4.69) is 144 Å². The molecule has 0 radical (unpaired) electrons. The Morgan fingerprint density at radius 2 is 0.940 bits per heavy atom. The zero-order valence-corrected chi connectivity index (χ0v) is 27.0. The van der Waals surface area contributed by atoms with Gasteiger partial charge >= 0.3 is 0 Å². The fourth-order valence-electron chi connectivity index (χ4n) is 7.19. The van der Waals surface area contributed by atoms with E-state index in [0.717, 1.165) is 66.8 Å². The molecular weight excluding hydrogens is 611 g/mol. The minimum absolute atomic E-state index is 0.662. The molecule has 0 aliphatic heterocycles. The standard InChI is InChI=1S/C46H29N3O/c1-4-12-30(13-5-1)40-29-41(31-14-6-2-7-15-31)48-46(47-40)34-21-24-38-39-26-32(22-25-44(39)50-45(38)28-34)33-20-23-37-36-18-10-11-19-42(36)49(43(37)27-33)35-16-8-3-9-17-35/h1-29H. The molecule has 10 rings (SSSR count). The summed E-state index contributed by atoms with van der Waals surface area (Å²) < 4.78 is 8.82. The van der Waals surface area contributed by atoms with Crippen molar-refractivity contribution in [2.75, 3.05) is 0 Å². The fraction of sp³-hybridized carbons (Fsp3) is 0. The third-order valence-electron chi connectivity index (χ3n) is 9.62. The van der Waals surface area contributed by atoms with E-state index in [9.17, 15) is 0 Å². The van der Waals surface area contributed by atoms with Gasteiger partial charge in [-0.1, -0.05) is 121 Å². The van der Waals surface area contributed by atoms with Crippen LogP contribution in [0.2, 0.25) is 0 Å². The molecule has 4 nitrogen and oxygen atoms in total. The molecule has 3 aromatic heterocycles. The predicted molar refractivity (Wildman–Crippen MR) is 205 cm³/mol. The van der Waals surface area contributed by atoms with Gasteiger partial charge in [-0.25, -0.2) is 9.97 Å². The highest BCUT2D eigenvalue weighted by Crippen LogP contribution is 2.38. The highest BCUT2D eigenvalue weighted by Gasteiger charge is 2.16. The van der Waals surface area contributed by atoms with Crippen LogP contribution in [0.4, 0.5) is 0 Å². The summed E-state index contributed by atoms with van der Waals surface area (Å²) in [6, 6.07) is 61.4. The molecule has 0 aliphatic rings. The average molecular weight is 640 g/mol. The fourth-order valence-corrected chi connectivity index (χ4v) is 7.19. The Morgan fingerprint density at radius 1 is 0.360 bits per heavy atom. The number of fused-ring (bicyclic) bond motifs is 6. The van der Waals surface area contributed by atoms with Crippen molar-refractivity contribution < 1.29 is 4.42 Å². The molecule has 0 bridgehead atoms. The molecular formula is C46H29N3O. The van der Waals surface area contributed by atoms with Crippen molar-refractivity contribution in [2.24, 2.45) is 0 Å². The molecule has 0 saturated carbocycles. The van der Waals surface area contributed by atoms with Crippen molar-refractivity contribution in [2.45, 2.75) is 0 Å². The zero-order valence-electron chi connectivity index (χ0n) is 27.0. The molecule has 0 amide bonds. The van der Waals surface area contributed by atoms with Gasteiger partial charge in [-0.15, -0.1) is 0 Å². The molecule has 10 aromatic rings.